The zero-order chi connectivity index (χ0) is 17.9. The molecule has 3 rings (SSSR count). The Morgan fingerprint density at radius 2 is 1.96 bits per heavy atom. The lowest BCUT2D eigenvalue weighted by molar-refractivity contribution is -0.140. The van der Waals surface area contributed by atoms with Crippen LogP contribution < -0.4 is 20.1 Å². The number of guanidine groups is 1. The molecule has 1 aliphatic rings. The first kappa shape index (κ1) is 20.6. The number of nitrogens with zero attached hydrogens (tertiary/aromatic N) is 2. The van der Waals surface area contributed by atoms with Crippen molar-refractivity contribution in [3.05, 3.63) is 39.8 Å². The van der Waals surface area contributed by atoms with Gasteiger partial charge in [-0.2, -0.15) is 13.2 Å². The maximum absolute atomic E-state index is 12.5. The molecule has 1 aromatic carbocycles. The first-order valence-corrected chi connectivity index (χ1v) is 8.18. The van der Waals surface area contributed by atoms with Crippen LogP contribution in [0.2, 0.25) is 0 Å². The molecule has 0 radical (unpaired) electrons. The van der Waals surface area contributed by atoms with E-state index in [1.807, 2.05) is 18.2 Å². The largest absolute Gasteiger partial charge is 0.454 e. The first-order valence-electron chi connectivity index (χ1n) is 7.30. The van der Waals surface area contributed by atoms with Crippen molar-refractivity contribution in [1.82, 2.24) is 15.6 Å². The van der Waals surface area contributed by atoms with Crippen molar-refractivity contribution in [1.29, 1.82) is 0 Å². The number of alkyl halides is 3. The minimum atomic E-state index is -4.42. The molecule has 0 aliphatic carbocycles. The maximum atomic E-state index is 12.5. The van der Waals surface area contributed by atoms with E-state index in [1.54, 1.807) is 7.05 Å². The summed E-state index contributed by atoms with van der Waals surface area (Å²) >= 11 is 0.950. The summed E-state index contributed by atoms with van der Waals surface area (Å²) in [5.41, 5.74) is 0.0819. The lowest BCUT2D eigenvalue weighted by atomic mass is 10.2. The molecule has 2 aromatic rings. The Labute approximate surface area is 168 Å². The third kappa shape index (κ3) is 5.13. The Bertz CT molecular complexity index is 782. The van der Waals surface area contributed by atoms with Crippen LogP contribution in [0.1, 0.15) is 16.3 Å². The van der Waals surface area contributed by atoms with Gasteiger partial charge in [-0.25, -0.2) is 4.98 Å². The molecule has 1 aliphatic heterocycles. The second-order valence-electron chi connectivity index (χ2n) is 5.09. The van der Waals surface area contributed by atoms with Gasteiger partial charge in [-0.05, 0) is 17.7 Å². The highest BCUT2D eigenvalue weighted by atomic mass is 127. The number of hydrogen-bond donors (Lipinski definition) is 2. The van der Waals surface area contributed by atoms with E-state index in [2.05, 4.69) is 20.6 Å². The van der Waals surface area contributed by atoms with Crippen LogP contribution in [-0.2, 0) is 19.3 Å². The molecule has 0 bridgehead atoms. The summed E-state index contributed by atoms with van der Waals surface area (Å²) in [4.78, 5) is 7.60. The van der Waals surface area contributed by atoms with E-state index in [1.165, 1.54) is 0 Å². The number of rotatable bonds is 4. The smallest absolute Gasteiger partial charge is 0.434 e. The Morgan fingerprint density at radius 1 is 1.23 bits per heavy atom. The van der Waals surface area contributed by atoms with Crippen LogP contribution in [0.15, 0.2) is 28.6 Å². The van der Waals surface area contributed by atoms with Gasteiger partial charge in [0.25, 0.3) is 0 Å². The Balaban J connectivity index is 0.00000243. The zero-order valence-corrected chi connectivity index (χ0v) is 16.7. The highest BCUT2D eigenvalue weighted by Gasteiger charge is 2.33. The number of benzene rings is 1. The predicted molar refractivity (Wildman–Crippen MR) is 102 cm³/mol. The average Bonchev–Trinajstić information content (AvgIpc) is 3.23. The fourth-order valence-electron chi connectivity index (χ4n) is 2.14. The van der Waals surface area contributed by atoms with Gasteiger partial charge in [0.2, 0.25) is 6.79 Å². The van der Waals surface area contributed by atoms with E-state index < -0.39 is 11.9 Å². The minimum absolute atomic E-state index is 0. The highest BCUT2D eigenvalue weighted by molar-refractivity contribution is 14.0. The number of thiazole rings is 1. The quantitative estimate of drug-likeness (QED) is 0.383. The number of hydrogen-bond acceptors (Lipinski definition) is 5. The summed E-state index contributed by atoms with van der Waals surface area (Å²) in [6.45, 7) is 0.840. The van der Waals surface area contributed by atoms with E-state index >= 15 is 0 Å². The molecule has 2 N–H and O–H groups in total. The summed E-state index contributed by atoms with van der Waals surface area (Å²) in [6, 6.07) is 5.58. The van der Waals surface area contributed by atoms with Crippen LogP contribution in [-0.4, -0.2) is 24.8 Å². The van der Waals surface area contributed by atoms with Gasteiger partial charge < -0.3 is 20.1 Å². The molecule has 0 saturated heterocycles. The Hall–Kier alpha value is -1.76. The topological polar surface area (TPSA) is 67.8 Å². The number of fused-ring (bicyclic) bond motifs is 1. The fourth-order valence-corrected chi connectivity index (χ4v) is 2.88. The van der Waals surface area contributed by atoms with Crippen molar-refractivity contribution in [3.63, 3.8) is 0 Å². The Kier molecular flexibility index (Phi) is 6.92. The van der Waals surface area contributed by atoms with Crippen molar-refractivity contribution < 1.29 is 22.6 Å². The van der Waals surface area contributed by atoms with E-state index in [9.17, 15) is 13.2 Å². The van der Waals surface area contributed by atoms with Crippen LogP contribution in [0.5, 0.6) is 11.5 Å². The molecule has 0 amide bonds. The standard InChI is InChI=1S/C15H15F3N4O2S.HI/c1-19-14(21-6-13-22-12(7-25-13)15(16,17)18)20-5-9-2-3-10-11(4-9)24-8-23-10;/h2-4,7H,5-6,8H2,1H3,(H2,19,20,21);1H. The normalized spacial score (nSPS) is 13.3. The fraction of sp³-hybridized carbons (Fsp3) is 0.333. The monoisotopic (exact) mass is 500 g/mol. The van der Waals surface area contributed by atoms with Gasteiger partial charge in [-0.1, -0.05) is 6.07 Å². The first-order chi connectivity index (χ1) is 12.0. The number of ether oxygens (including phenoxy) is 2. The number of nitrogens with one attached hydrogen (secondary N) is 2. The number of aromatic nitrogens is 1. The van der Waals surface area contributed by atoms with Crippen LogP contribution in [0, 0.1) is 0 Å². The summed E-state index contributed by atoms with van der Waals surface area (Å²) in [6.07, 6.45) is -4.42. The van der Waals surface area contributed by atoms with Gasteiger partial charge in [-0.15, -0.1) is 35.3 Å². The lowest BCUT2D eigenvalue weighted by Crippen LogP contribution is -2.36. The molecule has 2 heterocycles. The molecule has 6 nitrogen and oxygen atoms in total. The molecule has 11 heteroatoms. The highest BCUT2D eigenvalue weighted by Crippen LogP contribution is 2.32. The Morgan fingerprint density at radius 3 is 2.65 bits per heavy atom. The van der Waals surface area contributed by atoms with Gasteiger partial charge in [0.1, 0.15) is 5.01 Å². The van der Waals surface area contributed by atoms with Crippen molar-refractivity contribution in [2.45, 2.75) is 19.3 Å². The van der Waals surface area contributed by atoms with Gasteiger partial charge >= 0.3 is 6.18 Å². The van der Waals surface area contributed by atoms with Gasteiger partial charge in [0.15, 0.2) is 23.2 Å². The summed E-state index contributed by atoms with van der Waals surface area (Å²) in [5.74, 6) is 1.85. The van der Waals surface area contributed by atoms with E-state index in [4.69, 9.17) is 9.47 Å². The van der Waals surface area contributed by atoms with E-state index in [0.717, 1.165) is 22.3 Å². The number of halogens is 4. The van der Waals surface area contributed by atoms with Crippen LogP contribution >= 0.6 is 35.3 Å². The van der Waals surface area contributed by atoms with Crippen molar-refractivity contribution >= 4 is 41.3 Å². The summed E-state index contributed by atoms with van der Waals surface area (Å²) < 4.78 is 48.2. The van der Waals surface area contributed by atoms with Gasteiger partial charge in [-0.3, -0.25) is 4.99 Å². The molecule has 0 atom stereocenters. The molecular weight excluding hydrogens is 484 g/mol. The van der Waals surface area contributed by atoms with Crippen molar-refractivity contribution in [2.24, 2.45) is 4.99 Å². The van der Waals surface area contributed by atoms with Gasteiger partial charge in [0.05, 0.1) is 6.54 Å². The van der Waals surface area contributed by atoms with E-state index in [-0.39, 0.29) is 37.3 Å². The predicted octanol–water partition coefficient (Wildman–Crippen LogP) is 3.37. The number of aliphatic imine (C=N–C) groups is 1. The maximum Gasteiger partial charge on any atom is 0.434 e. The second-order valence-corrected chi connectivity index (χ2v) is 6.03. The lowest BCUT2D eigenvalue weighted by Gasteiger charge is -2.11. The molecule has 0 saturated carbocycles. The van der Waals surface area contributed by atoms with Crippen LogP contribution in [0.4, 0.5) is 13.2 Å². The average molecular weight is 500 g/mol. The molecule has 26 heavy (non-hydrogen) atoms. The van der Waals surface area contributed by atoms with Crippen molar-refractivity contribution in [2.75, 3.05) is 13.8 Å². The molecule has 142 valence electrons. The summed E-state index contributed by atoms with van der Waals surface area (Å²) in [5, 5.41) is 7.35. The minimum Gasteiger partial charge on any atom is -0.454 e. The van der Waals surface area contributed by atoms with Crippen LogP contribution in [0.25, 0.3) is 0 Å². The second kappa shape index (κ2) is 8.75. The molecule has 0 fully saturated rings. The van der Waals surface area contributed by atoms with Crippen molar-refractivity contribution in [3.8, 4) is 11.5 Å². The van der Waals surface area contributed by atoms with Gasteiger partial charge in [0, 0.05) is 19.0 Å². The molecule has 1 aromatic heterocycles. The van der Waals surface area contributed by atoms with Crippen LogP contribution in [0.3, 0.4) is 0 Å². The third-order valence-corrected chi connectivity index (χ3v) is 4.22. The molecular formula is C15H16F3IN4O2S. The summed E-state index contributed by atoms with van der Waals surface area (Å²) in [7, 11) is 1.58. The molecule has 0 spiro atoms. The third-order valence-electron chi connectivity index (χ3n) is 3.37. The van der Waals surface area contributed by atoms with E-state index in [0.29, 0.717) is 29.0 Å². The molecule has 0 unspecified atom stereocenters. The zero-order valence-electron chi connectivity index (χ0n) is 13.6. The SMILES string of the molecule is CN=C(NCc1ccc2c(c1)OCO2)NCc1nc(C(F)(F)F)cs1.I.